The summed E-state index contributed by atoms with van der Waals surface area (Å²) in [5.74, 6) is -1.64. The summed E-state index contributed by atoms with van der Waals surface area (Å²) in [5.41, 5.74) is 0. The monoisotopic (exact) mass is 246 g/mol. The van der Waals surface area contributed by atoms with Gasteiger partial charge in [-0.1, -0.05) is 0 Å². The highest BCUT2D eigenvalue weighted by Gasteiger charge is 2.39. The zero-order chi connectivity index (χ0) is 13.1. The van der Waals surface area contributed by atoms with E-state index in [1.807, 2.05) is 0 Å². The van der Waals surface area contributed by atoms with Crippen molar-refractivity contribution in [2.45, 2.75) is 45.2 Å². The van der Waals surface area contributed by atoms with Crippen molar-refractivity contribution in [2.24, 2.45) is 0 Å². The van der Waals surface area contributed by atoms with Crippen LogP contribution >= 0.6 is 0 Å². The molecule has 0 bridgehead atoms. The minimum atomic E-state index is -0.723. The molecule has 2 atom stereocenters. The van der Waals surface area contributed by atoms with Crippen molar-refractivity contribution in [1.29, 1.82) is 0 Å². The molecule has 98 valence electrons. The van der Waals surface area contributed by atoms with Crippen LogP contribution in [0.15, 0.2) is 0 Å². The second-order valence-electron chi connectivity index (χ2n) is 4.30. The highest BCUT2D eigenvalue weighted by molar-refractivity contribution is 5.71. The van der Waals surface area contributed by atoms with Crippen molar-refractivity contribution in [2.75, 3.05) is 13.7 Å². The Kier molecular flexibility index (Phi) is 4.47. The van der Waals surface area contributed by atoms with E-state index in [1.54, 1.807) is 13.8 Å². The maximum Gasteiger partial charge on any atom is 0.309 e. The number of carbonyl (C=O) groups excluding carboxylic acids is 2. The molecule has 0 spiro atoms. The number of carbonyl (C=O) groups is 2. The molecule has 6 heteroatoms. The molecule has 1 aliphatic rings. The predicted octanol–water partition coefficient (Wildman–Crippen LogP) is 0.633. The molecule has 1 rings (SSSR count). The second-order valence-corrected chi connectivity index (χ2v) is 4.30. The van der Waals surface area contributed by atoms with Gasteiger partial charge >= 0.3 is 11.9 Å². The SMILES string of the molecule is COC(=O)C[C@@H](OC(C)=O)[C@H]1COC(C)(C)O1. The summed E-state index contributed by atoms with van der Waals surface area (Å²) in [6, 6.07) is 0. The van der Waals surface area contributed by atoms with Gasteiger partial charge in [-0.3, -0.25) is 9.59 Å². The van der Waals surface area contributed by atoms with Crippen molar-refractivity contribution < 1.29 is 28.5 Å². The molecular formula is C11H18O6. The Balaban J connectivity index is 2.63. The first-order valence-corrected chi connectivity index (χ1v) is 5.40. The smallest absolute Gasteiger partial charge is 0.309 e. The number of rotatable bonds is 4. The Morgan fingerprint density at radius 3 is 2.53 bits per heavy atom. The lowest BCUT2D eigenvalue weighted by Gasteiger charge is -2.23. The first kappa shape index (κ1) is 13.9. The predicted molar refractivity (Wildman–Crippen MR) is 57.1 cm³/mol. The lowest BCUT2D eigenvalue weighted by atomic mass is 10.1. The topological polar surface area (TPSA) is 71.1 Å². The van der Waals surface area contributed by atoms with E-state index in [0.29, 0.717) is 0 Å². The zero-order valence-corrected chi connectivity index (χ0v) is 10.5. The fraction of sp³-hybridized carbons (Fsp3) is 0.818. The van der Waals surface area contributed by atoms with E-state index in [2.05, 4.69) is 4.74 Å². The molecule has 0 aromatic carbocycles. The normalized spacial score (nSPS) is 24.1. The van der Waals surface area contributed by atoms with E-state index < -0.39 is 29.9 Å². The van der Waals surface area contributed by atoms with Gasteiger partial charge in [0.15, 0.2) is 5.79 Å². The first-order chi connectivity index (χ1) is 7.84. The molecule has 0 saturated carbocycles. The highest BCUT2D eigenvalue weighted by atomic mass is 16.8. The van der Waals surface area contributed by atoms with Crippen LogP contribution in [0.4, 0.5) is 0 Å². The molecule has 0 aliphatic carbocycles. The van der Waals surface area contributed by atoms with Crippen LogP contribution < -0.4 is 0 Å². The minimum Gasteiger partial charge on any atom is -0.469 e. The van der Waals surface area contributed by atoms with Gasteiger partial charge in [-0.05, 0) is 13.8 Å². The lowest BCUT2D eigenvalue weighted by Crippen LogP contribution is -2.36. The molecule has 1 heterocycles. The molecule has 0 unspecified atom stereocenters. The largest absolute Gasteiger partial charge is 0.469 e. The molecule has 0 aromatic heterocycles. The summed E-state index contributed by atoms with van der Waals surface area (Å²) in [7, 11) is 1.28. The van der Waals surface area contributed by atoms with Gasteiger partial charge in [0, 0.05) is 6.92 Å². The summed E-state index contributed by atoms with van der Waals surface area (Å²) in [6.07, 6.45) is -1.17. The van der Waals surface area contributed by atoms with Crippen molar-refractivity contribution >= 4 is 11.9 Å². The maximum atomic E-state index is 11.2. The fourth-order valence-corrected chi connectivity index (χ4v) is 1.61. The minimum absolute atomic E-state index is 0.0415. The average molecular weight is 246 g/mol. The van der Waals surface area contributed by atoms with E-state index in [1.165, 1.54) is 14.0 Å². The van der Waals surface area contributed by atoms with Crippen LogP contribution in [-0.2, 0) is 28.5 Å². The van der Waals surface area contributed by atoms with Crippen molar-refractivity contribution in [3.05, 3.63) is 0 Å². The Bertz CT molecular complexity index is 298. The van der Waals surface area contributed by atoms with Gasteiger partial charge in [-0.2, -0.15) is 0 Å². The van der Waals surface area contributed by atoms with Crippen molar-refractivity contribution in [3.8, 4) is 0 Å². The number of methoxy groups -OCH3 is 1. The zero-order valence-electron chi connectivity index (χ0n) is 10.5. The third-order valence-corrected chi connectivity index (χ3v) is 2.36. The molecule has 1 aliphatic heterocycles. The molecular weight excluding hydrogens is 228 g/mol. The Morgan fingerprint density at radius 1 is 1.47 bits per heavy atom. The van der Waals surface area contributed by atoms with Crippen molar-refractivity contribution in [3.63, 3.8) is 0 Å². The standard InChI is InChI=1S/C11H18O6/c1-7(12)16-8(5-10(13)14-4)9-6-15-11(2,3)17-9/h8-9H,5-6H2,1-4H3/t8-,9-/m1/s1. The number of hydrogen-bond donors (Lipinski definition) is 0. The molecule has 1 saturated heterocycles. The van der Waals surface area contributed by atoms with Crippen LogP contribution in [0.3, 0.4) is 0 Å². The quantitative estimate of drug-likeness (QED) is 0.678. The summed E-state index contributed by atoms with van der Waals surface area (Å²) in [4.78, 5) is 22.2. The summed E-state index contributed by atoms with van der Waals surface area (Å²) < 4.78 is 20.5. The highest BCUT2D eigenvalue weighted by Crippen LogP contribution is 2.26. The van der Waals surface area contributed by atoms with Gasteiger partial charge in [0.25, 0.3) is 0 Å². The van der Waals surface area contributed by atoms with Gasteiger partial charge < -0.3 is 18.9 Å². The van der Waals surface area contributed by atoms with E-state index >= 15 is 0 Å². The second kappa shape index (κ2) is 5.46. The first-order valence-electron chi connectivity index (χ1n) is 5.40. The fourth-order valence-electron chi connectivity index (χ4n) is 1.61. The van der Waals surface area contributed by atoms with Gasteiger partial charge in [-0.15, -0.1) is 0 Å². The van der Waals surface area contributed by atoms with Gasteiger partial charge in [0.05, 0.1) is 20.1 Å². The number of esters is 2. The average Bonchev–Trinajstić information content (AvgIpc) is 2.57. The molecule has 0 N–H and O–H groups in total. The van der Waals surface area contributed by atoms with E-state index in [0.717, 1.165) is 0 Å². The number of hydrogen-bond acceptors (Lipinski definition) is 6. The third kappa shape index (κ3) is 4.32. The Labute approximate surface area is 100 Å². The molecule has 17 heavy (non-hydrogen) atoms. The lowest BCUT2D eigenvalue weighted by molar-refractivity contribution is -0.173. The molecule has 0 aromatic rings. The number of ether oxygens (including phenoxy) is 4. The third-order valence-electron chi connectivity index (χ3n) is 2.36. The van der Waals surface area contributed by atoms with Gasteiger partial charge in [-0.25, -0.2) is 0 Å². The van der Waals surface area contributed by atoms with Gasteiger partial charge in [0.1, 0.15) is 12.2 Å². The summed E-state index contributed by atoms with van der Waals surface area (Å²) in [6.45, 7) is 5.08. The van der Waals surface area contributed by atoms with Crippen LogP contribution in [0.2, 0.25) is 0 Å². The molecule has 0 amide bonds. The summed E-state index contributed by atoms with van der Waals surface area (Å²) >= 11 is 0. The molecule has 1 fully saturated rings. The van der Waals surface area contributed by atoms with Crippen LogP contribution in [0, 0.1) is 0 Å². The molecule has 6 nitrogen and oxygen atoms in total. The summed E-state index contributed by atoms with van der Waals surface area (Å²) in [5, 5.41) is 0. The van der Waals surface area contributed by atoms with Crippen LogP contribution in [0.5, 0.6) is 0 Å². The Hall–Kier alpha value is -1.14. The molecule has 0 radical (unpaired) electrons. The van der Waals surface area contributed by atoms with Crippen LogP contribution in [-0.4, -0.2) is 43.7 Å². The van der Waals surface area contributed by atoms with E-state index in [-0.39, 0.29) is 13.0 Å². The maximum absolute atomic E-state index is 11.2. The van der Waals surface area contributed by atoms with Crippen LogP contribution in [0.1, 0.15) is 27.2 Å². The Morgan fingerprint density at radius 2 is 2.12 bits per heavy atom. The van der Waals surface area contributed by atoms with Crippen molar-refractivity contribution in [1.82, 2.24) is 0 Å². The van der Waals surface area contributed by atoms with Gasteiger partial charge in [0.2, 0.25) is 0 Å². The van der Waals surface area contributed by atoms with E-state index in [9.17, 15) is 9.59 Å². The van der Waals surface area contributed by atoms with E-state index in [4.69, 9.17) is 14.2 Å². The van der Waals surface area contributed by atoms with Crippen LogP contribution in [0.25, 0.3) is 0 Å².